The quantitative estimate of drug-likeness (QED) is 0.583. The zero-order chi connectivity index (χ0) is 21.7. The summed E-state index contributed by atoms with van der Waals surface area (Å²) in [6.45, 7) is 7.71. The number of aryl methyl sites for hydroxylation is 1. The first kappa shape index (κ1) is 21.6. The minimum Gasteiger partial charge on any atom is -0.456 e. The number of hydrogen-bond acceptors (Lipinski definition) is 5. The summed E-state index contributed by atoms with van der Waals surface area (Å²) in [5, 5.41) is 6.13. The van der Waals surface area contributed by atoms with E-state index in [1.807, 2.05) is 64.1 Å². The molecule has 4 N–H and O–H groups in total. The zero-order valence-electron chi connectivity index (χ0n) is 18.1. The predicted molar refractivity (Wildman–Crippen MR) is 119 cm³/mol. The van der Waals surface area contributed by atoms with Crippen molar-refractivity contribution in [3.05, 3.63) is 71.2 Å². The molecule has 6 heteroatoms. The van der Waals surface area contributed by atoms with Gasteiger partial charge in [-0.15, -0.1) is 0 Å². The fourth-order valence-corrected chi connectivity index (χ4v) is 3.39. The normalized spacial score (nSPS) is 14.3. The summed E-state index contributed by atoms with van der Waals surface area (Å²) in [4.78, 5) is 12.6. The Hall–Kier alpha value is -3.15. The molecule has 6 nitrogen and oxygen atoms in total. The van der Waals surface area contributed by atoms with Gasteiger partial charge < -0.3 is 25.8 Å². The van der Waals surface area contributed by atoms with E-state index >= 15 is 0 Å². The lowest BCUT2D eigenvalue weighted by molar-refractivity contribution is 0.0308. The number of anilines is 1. The van der Waals surface area contributed by atoms with Crippen molar-refractivity contribution in [1.29, 1.82) is 0 Å². The standard InChI is InChI=1S/C24H31N3O3/c1-5-19(18-11-12-21-20(15-18)26-22(25)16(2)29-21)27-23(28)30-24(3,4)14-13-17-9-7-6-8-10-17/h6-12,15,19,26H,5,13-14,25H2,1-4H3,(H,27,28). The van der Waals surface area contributed by atoms with Gasteiger partial charge in [-0.2, -0.15) is 0 Å². The lowest BCUT2D eigenvalue weighted by Gasteiger charge is -2.27. The van der Waals surface area contributed by atoms with Crippen molar-refractivity contribution in [3.8, 4) is 5.75 Å². The molecule has 1 aliphatic heterocycles. The molecule has 1 amide bonds. The Morgan fingerprint density at radius 3 is 2.67 bits per heavy atom. The van der Waals surface area contributed by atoms with Gasteiger partial charge in [-0.1, -0.05) is 43.3 Å². The summed E-state index contributed by atoms with van der Waals surface area (Å²) in [6.07, 6.45) is 1.90. The summed E-state index contributed by atoms with van der Waals surface area (Å²) in [7, 11) is 0. The number of ether oxygens (including phenoxy) is 2. The van der Waals surface area contributed by atoms with Gasteiger partial charge in [0.1, 0.15) is 17.2 Å². The lowest BCUT2D eigenvalue weighted by Crippen LogP contribution is -2.36. The number of amides is 1. The molecule has 0 aliphatic carbocycles. The van der Waals surface area contributed by atoms with Crippen LogP contribution in [-0.4, -0.2) is 11.7 Å². The molecule has 160 valence electrons. The molecule has 1 atom stereocenters. The molecule has 0 radical (unpaired) electrons. The third kappa shape index (κ3) is 5.47. The Labute approximate surface area is 178 Å². The molecule has 0 spiro atoms. The van der Waals surface area contributed by atoms with Crippen molar-refractivity contribution in [3.63, 3.8) is 0 Å². The van der Waals surface area contributed by atoms with Gasteiger partial charge in [-0.25, -0.2) is 4.79 Å². The maximum Gasteiger partial charge on any atom is 0.408 e. The van der Waals surface area contributed by atoms with E-state index in [2.05, 4.69) is 22.8 Å². The molecule has 0 saturated carbocycles. The average Bonchev–Trinajstić information content (AvgIpc) is 2.71. The van der Waals surface area contributed by atoms with Gasteiger partial charge in [0.2, 0.25) is 0 Å². The van der Waals surface area contributed by atoms with Gasteiger partial charge in [0.25, 0.3) is 0 Å². The van der Waals surface area contributed by atoms with Crippen LogP contribution in [0.25, 0.3) is 0 Å². The summed E-state index contributed by atoms with van der Waals surface area (Å²) < 4.78 is 11.4. The number of alkyl carbamates (subject to hydrolysis) is 1. The number of nitrogens with one attached hydrogen (secondary N) is 2. The molecule has 0 bridgehead atoms. The van der Waals surface area contributed by atoms with Gasteiger partial charge in [-0.05, 0) is 63.3 Å². The van der Waals surface area contributed by atoms with E-state index in [1.165, 1.54) is 5.56 Å². The molecule has 1 heterocycles. The van der Waals surface area contributed by atoms with Crippen LogP contribution in [0, 0.1) is 0 Å². The van der Waals surface area contributed by atoms with Crippen LogP contribution in [0.5, 0.6) is 5.75 Å². The van der Waals surface area contributed by atoms with Gasteiger partial charge in [0.15, 0.2) is 5.75 Å². The molecule has 30 heavy (non-hydrogen) atoms. The van der Waals surface area contributed by atoms with Crippen molar-refractivity contribution in [1.82, 2.24) is 5.32 Å². The van der Waals surface area contributed by atoms with Crippen LogP contribution >= 0.6 is 0 Å². The number of carbonyl (C=O) groups is 1. The van der Waals surface area contributed by atoms with Gasteiger partial charge in [-0.3, -0.25) is 0 Å². The van der Waals surface area contributed by atoms with E-state index < -0.39 is 11.7 Å². The highest BCUT2D eigenvalue weighted by Crippen LogP contribution is 2.34. The van der Waals surface area contributed by atoms with Crippen LogP contribution in [0.4, 0.5) is 10.5 Å². The Morgan fingerprint density at radius 1 is 1.23 bits per heavy atom. The summed E-state index contributed by atoms with van der Waals surface area (Å²) in [5.41, 5.74) is 8.33. The number of carbonyl (C=O) groups excluding carboxylic acids is 1. The summed E-state index contributed by atoms with van der Waals surface area (Å²) in [6, 6.07) is 15.8. The maximum absolute atomic E-state index is 12.6. The second-order valence-corrected chi connectivity index (χ2v) is 8.19. The molecule has 0 aromatic heterocycles. The molecule has 0 fully saturated rings. The first-order valence-corrected chi connectivity index (χ1v) is 10.4. The zero-order valence-corrected chi connectivity index (χ0v) is 18.1. The van der Waals surface area contributed by atoms with Crippen LogP contribution in [0.1, 0.15) is 57.7 Å². The molecular formula is C24H31N3O3. The fourth-order valence-electron chi connectivity index (χ4n) is 3.39. The molecular weight excluding hydrogens is 378 g/mol. The number of fused-ring (bicyclic) bond motifs is 1. The van der Waals surface area contributed by atoms with Crippen molar-refractivity contribution in [2.24, 2.45) is 5.73 Å². The Morgan fingerprint density at radius 2 is 1.97 bits per heavy atom. The van der Waals surface area contributed by atoms with Crippen molar-refractivity contribution in [2.45, 2.75) is 58.6 Å². The van der Waals surface area contributed by atoms with Crippen molar-refractivity contribution < 1.29 is 14.3 Å². The maximum atomic E-state index is 12.6. The summed E-state index contributed by atoms with van der Waals surface area (Å²) >= 11 is 0. The van der Waals surface area contributed by atoms with Crippen LogP contribution < -0.4 is 21.1 Å². The number of benzene rings is 2. The third-order valence-corrected chi connectivity index (χ3v) is 5.25. The SMILES string of the molecule is CCC(NC(=O)OC(C)(C)CCc1ccccc1)c1ccc2c(c1)NC(N)=C(C)O2. The van der Waals surface area contributed by atoms with Crippen molar-refractivity contribution in [2.75, 3.05) is 5.32 Å². The molecule has 1 aliphatic rings. The van der Waals surface area contributed by atoms with Crippen LogP contribution in [0.15, 0.2) is 60.1 Å². The van der Waals surface area contributed by atoms with Gasteiger partial charge in [0, 0.05) is 0 Å². The topological polar surface area (TPSA) is 85.6 Å². The second-order valence-electron chi connectivity index (χ2n) is 8.19. The highest BCUT2D eigenvalue weighted by molar-refractivity contribution is 5.69. The molecule has 0 saturated heterocycles. The van der Waals surface area contributed by atoms with Crippen LogP contribution in [0.2, 0.25) is 0 Å². The highest BCUT2D eigenvalue weighted by atomic mass is 16.6. The minimum absolute atomic E-state index is 0.178. The number of rotatable bonds is 7. The third-order valence-electron chi connectivity index (χ3n) is 5.25. The highest BCUT2D eigenvalue weighted by Gasteiger charge is 2.25. The van der Waals surface area contributed by atoms with E-state index in [4.69, 9.17) is 15.2 Å². The Bertz CT molecular complexity index is 923. The minimum atomic E-state index is -0.569. The van der Waals surface area contributed by atoms with E-state index in [-0.39, 0.29) is 6.04 Å². The van der Waals surface area contributed by atoms with Gasteiger partial charge >= 0.3 is 6.09 Å². The van der Waals surface area contributed by atoms with Crippen molar-refractivity contribution >= 4 is 11.8 Å². The largest absolute Gasteiger partial charge is 0.456 e. The first-order chi connectivity index (χ1) is 14.3. The lowest BCUT2D eigenvalue weighted by atomic mass is 9.98. The van der Waals surface area contributed by atoms with E-state index in [0.717, 1.165) is 30.5 Å². The smallest absolute Gasteiger partial charge is 0.408 e. The molecule has 2 aromatic rings. The Kier molecular flexibility index (Phi) is 6.55. The van der Waals surface area contributed by atoms with E-state index in [9.17, 15) is 4.79 Å². The Balaban J connectivity index is 1.60. The molecule has 1 unspecified atom stereocenters. The fraction of sp³-hybridized carbons (Fsp3) is 0.375. The van der Waals surface area contributed by atoms with Crippen LogP contribution in [-0.2, 0) is 11.2 Å². The summed E-state index contributed by atoms with van der Waals surface area (Å²) in [5.74, 6) is 1.84. The molecule has 3 rings (SSSR count). The van der Waals surface area contributed by atoms with E-state index in [1.54, 1.807) is 0 Å². The average molecular weight is 410 g/mol. The second kappa shape index (κ2) is 9.11. The molecule has 2 aromatic carbocycles. The number of allylic oxidation sites excluding steroid dienone is 1. The predicted octanol–water partition coefficient (Wildman–Crippen LogP) is 5.23. The van der Waals surface area contributed by atoms with Gasteiger partial charge in [0.05, 0.1) is 11.7 Å². The van der Waals surface area contributed by atoms with E-state index in [0.29, 0.717) is 17.3 Å². The van der Waals surface area contributed by atoms with Crippen LogP contribution in [0.3, 0.4) is 0 Å². The monoisotopic (exact) mass is 409 g/mol. The first-order valence-electron chi connectivity index (χ1n) is 10.4. The number of hydrogen-bond donors (Lipinski definition) is 3. The number of nitrogens with two attached hydrogens (primary N) is 1.